The minimum atomic E-state index is -0.204. The van der Waals surface area contributed by atoms with Crippen molar-refractivity contribution in [2.45, 2.75) is 52.7 Å². The lowest BCUT2D eigenvalue weighted by molar-refractivity contribution is -0.132. The van der Waals surface area contributed by atoms with E-state index in [1.807, 2.05) is 34.7 Å². The standard InChI is InChI=1S/C22H31FN4O/c1-17(2)21-16-26(22(28)10-14-27-18(3)9-11-24-27)13-4-12-25(21)15-19-5-7-20(23)8-6-19/h5-9,11,17,21H,4,10,12-16H2,1-3H3/t21-/m1/s1. The molecule has 1 amide bonds. The fourth-order valence-corrected chi connectivity index (χ4v) is 3.94. The predicted octanol–water partition coefficient (Wildman–Crippen LogP) is 3.48. The van der Waals surface area contributed by atoms with E-state index in [0.29, 0.717) is 24.9 Å². The Bertz CT molecular complexity index is 771. The van der Waals surface area contributed by atoms with Crippen molar-refractivity contribution in [2.24, 2.45) is 5.92 Å². The Morgan fingerprint density at radius 3 is 2.61 bits per heavy atom. The van der Waals surface area contributed by atoms with Crippen LogP contribution in [0.3, 0.4) is 0 Å². The van der Waals surface area contributed by atoms with Gasteiger partial charge in [-0.15, -0.1) is 0 Å². The summed E-state index contributed by atoms with van der Waals surface area (Å²) in [6, 6.07) is 9.00. The average molecular weight is 387 g/mol. The topological polar surface area (TPSA) is 41.4 Å². The van der Waals surface area contributed by atoms with E-state index in [9.17, 15) is 9.18 Å². The van der Waals surface area contributed by atoms with Gasteiger partial charge in [0.25, 0.3) is 0 Å². The Balaban J connectivity index is 1.63. The molecule has 1 aromatic carbocycles. The van der Waals surface area contributed by atoms with Gasteiger partial charge in [-0.05, 0) is 43.0 Å². The molecule has 0 radical (unpaired) electrons. The number of amides is 1. The molecule has 28 heavy (non-hydrogen) atoms. The molecule has 6 heteroatoms. The number of aromatic nitrogens is 2. The molecule has 2 heterocycles. The van der Waals surface area contributed by atoms with Crippen LogP contribution in [0.15, 0.2) is 36.5 Å². The summed E-state index contributed by atoms with van der Waals surface area (Å²) in [7, 11) is 0. The molecule has 0 unspecified atom stereocenters. The summed E-state index contributed by atoms with van der Waals surface area (Å²) < 4.78 is 15.1. The number of hydrogen-bond donors (Lipinski definition) is 0. The maximum Gasteiger partial charge on any atom is 0.224 e. The van der Waals surface area contributed by atoms with Gasteiger partial charge in [0.1, 0.15) is 5.82 Å². The number of nitrogens with zero attached hydrogens (tertiary/aromatic N) is 4. The third-order valence-electron chi connectivity index (χ3n) is 5.64. The summed E-state index contributed by atoms with van der Waals surface area (Å²) in [5, 5.41) is 4.27. The number of carbonyl (C=O) groups is 1. The molecular formula is C22H31FN4O. The number of hydrogen-bond acceptors (Lipinski definition) is 3. The summed E-state index contributed by atoms with van der Waals surface area (Å²) in [5.41, 5.74) is 2.19. The molecule has 0 aliphatic carbocycles. The second kappa shape index (κ2) is 9.32. The third kappa shape index (κ3) is 5.19. The largest absolute Gasteiger partial charge is 0.341 e. The zero-order chi connectivity index (χ0) is 20.1. The van der Waals surface area contributed by atoms with Gasteiger partial charge in [-0.2, -0.15) is 5.10 Å². The summed E-state index contributed by atoms with van der Waals surface area (Å²) >= 11 is 0. The Hall–Kier alpha value is -2.21. The minimum Gasteiger partial charge on any atom is -0.341 e. The first-order valence-corrected chi connectivity index (χ1v) is 10.2. The minimum absolute atomic E-state index is 0.198. The average Bonchev–Trinajstić information content (AvgIpc) is 2.95. The van der Waals surface area contributed by atoms with E-state index in [2.05, 4.69) is 23.8 Å². The van der Waals surface area contributed by atoms with Crippen molar-refractivity contribution >= 4 is 5.91 Å². The van der Waals surface area contributed by atoms with E-state index in [-0.39, 0.29) is 11.7 Å². The van der Waals surface area contributed by atoms with E-state index in [4.69, 9.17) is 0 Å². The number of aryl methyl sites for hydroxylation is 2. The zero-order valence-electron chi connectivity index (χ0n) is 17.1. The highest BCUT2D eigenvalue weighted by Crippen LogP contribution is 2.21. The lowest BCUT2D eigenvalue weighted by Crippen LogP contribution is -2.45. The fraction of sp³-hybridized carbons (Fsp3) is 0.545. The fourth-order valence-electron chi connectivity index (χ4n) is 3.94. The Morgan fingerprint density at radius 1 is 1.21 bits per heavy atom. The second-order valence-corrected chi connectivity index (χ2v) is 8.05. The number of carbonyl (C=O) groups excluding carboxylic acids is 1. The van der Waals surface area contributed by atoms with Crippen molar-refractivity contribution in [1.82, 2.24) is 19.6 Å². The third-order valence-corrected chi connectivity index (χ3v) is 5.64. The molecule has 1 aliphatic rings. The van der Waals surface area contributed by atoms with Crippen LogP contribution in [0.25, 0.3) is 0 Å². The smallest absolute Gasteiger partial charge is 0.224 e. The molecule has 0 bridgehead atoms. The van der Waals surface area contributed by atoms with Gasteiger partial charge in [-0.1, -0.05) is 26.0 Å². The van der Waals surface area contributed by atoms with E-state index >= 15 is 0 Å². The molecular weight excluding hydrogens is 355 g/mol. The highest BCUT2D eigenvalue weighted by molar-refractivity contribution is 5.76. The summed E-state index contributed by atoms with van der Waals surface area (Å²) in [5.74, 6) is 0.426. The van der Waals surface area contributed by atoms with E-state index in [1.165, 1.54) is 12.1 Å². The molecule has 0 spiro atoms. The van der Waals surface area contributed by atoms with Crippen LogP contribution in [0.4, 0.5) is 4.39 Å². The van der Waals surface area contributed by atoms with Crippen molar-refractivity contribution < 1.29 is 9.18 Å². The van der Waals surface area contributed by atoms with Crippen molar-refractivity contribution in [3.8, 4) is 0 Å². The second-order valence-electron chi connectivity index (χ2n) is 8.05. The lowest BCUT2D eigenvalue weighted by atomic mass is 10.0. The maximum absolute atomic E-state index is 13.2. The SMILES string of the molecule is Cc1ccnn1CCC(=O)N1CCCN(Cc2ccc(F)cc2)[C@@H](C(C)C)C1. The Morgan fingerprint density at radius 2 is 1.96 bits per heavy atom. The van der Waals surface area contributed by atoms with Crippen LogP contribution in [0.2, 0.25) is 0 Å². The predicted molar refractivity (Wildman–Crippen MR) is 108 cm³/mol. The van der Waals surface area contributed by atoms with Gasteiger partial charge in [-0.25, -0.2) is 4.39 Å². The number of rotatable bonds is 6. The Kier molecular flexibility index (Phi) is 6.83. The van der Waals surface area contributed by atoms with Gasteiger partial charge in [0.05, 0.1) is 0 Å². The molecule has 0 N–H and O–H groups in total. The summed E-state index contributed by atoms with van der Waals surface area (Å²) in [6.45, 7) is 10.3. The molecule has 5 nitrogen and oxygen atoms in total. The van der Waals surface area contributed by atoms with Gasteiger partial charge in [0, 0.05) is 57.1 Å². The lowest BCUT2D eigenvalue weighted by Gasteiger charge is -2.34. The molecule has 1 fully saturated rings. The van der Waals surface area contributed by atoms with Gasteiger partial charge in [0.15, 0.2) is 0 Å². The molecule has 1 aliphatic heterocycles. The number of halogens is 1. The van der Waals surface area contributed by atoms with Crippen LogP contribution in [0.5, 0.6) is 0 Å². The van der Waals surface area contributed by atoms with Crippen molar-refractivity contribution in [1.29, 1.82) is 0 Å². The molecule has 1 atom stereocenters. The van der Waals surface area contributed by atoms with Crippen LogP contribution in [0, 0.1) is 18.7 Å². The first-order chi connectivity index (χ1) is 13.4. The van der Waals surface area contributed by atoms with Crippen molar-refractivity contribution in [2.75, 3.05) is 19.6 Å². The van der Waals surface area contributed by atoms with Crippen molar-refractivity contribution in [3.63, 3.8) is 0 Å². The van der Waals surface area contributed by atoms with Crippen LogP contribution in [-0.4, -0.2) is 51.2 Å². The van der Waals surface area contributed by atoms with Crippen molar-refractivity contribution in [3.05, 3.63) is 53.6 Å². The van der Waals surface area contributed by atoms with Gasteiger partial charge in [-0.3, -0.25) is 14.4 Å². The summed E-state index contributed by atoms with van der Waals surface area (Å²) in [4.78, 5) is 17.3. The quantitative estimate of drug-likeness (QED) is 0.763. The summed E-state index contributed by atoms with van der Waals surface area (Å²) in [6.07, 6.45) is 3.20. The van der Waals surface area contributed by atoms with Gasteiger partial charge < -0.3 is 4.90 Å². The highest BCUT2D eigenvalue weighted by Gasteiger charge is 2.29. The molecule has 0 saturated carbocycles. The van der Waals surface area contributed by atoms with Gasteiger partial charge in [0.2, 0.25) is 5.91 Å². The zero-order valence-corrected chi connectivity index (χ0v) is 17.1. The molecule has 2 aromatic rings. The van der Waals surface area contributed by atoms with Crippen LogP contribution in [0.1, 0.15) is 37.9 Å². The van der Waals surface area contributed by atoms with Crippen LogP contribution in [-0.2, 0) is 17.9 Å². The highest BCUT2D eigenvalue weighted by atomic mass is 19.1. The molecule has 1 saturated heterocycles. The Labute approximate surface area is 167 Å². The van der Waals surface area contributed by atoms with E-state index < -0.39 is 0 Å². The first-order valence-electron chi connectivity index (χ1n) is 10.2. The van der Waals surface area contributed by atoms with E-state index in [0.717, 1.165) is 43.9 Å². The van der Waals surface area contributed by atoms with Gasteiger partial charge >= 0.3 is 0 Å². The maximum atomic E-state index is 13.2. The molecule has 1 aromatic heterocycles. The first kappa shape index (κ1) is 20.5. The molecule has 152 valence electrons. The molecule has 3 rings (SSSR count). The van der Waals surface area contributed by atoms with Crippen LogP contribution >= 0.6 is 0 Å². The monoisotopic (exact) mass is 386 g/mol. The van der Waals surface area contributed by atoms with Crippen LogP contribution < -0.4 is 0 Å². The normalized spacial score (nSPS) is 18.5. The van der Waals surface area contributed by atoms with E-state index in [1.54, 1.807) is 6.20 Å². The number of benzene rings is 1.